The van der Waals surface area contributed by atoms with Gasteiger partial charge in [-0.15, -0.1) is 0 Å². The topological polar surface area (TPSA) is 107 Å². The summed E-state index contributed by atoms with van der Waals surface area (Å²) in [6.45, 7) is 3.67. The second-order valence-electron chi connectivity index (χ2n) is 7.49. The predicted molar refractivity (Wildman–Crippen MR) is 114 cm³/mol. The van der Waals surface area contributed by atoms with Crippen LogP contribution in [0.3, 0.4) is 0 Å². The van der Waals surface area contributed by atoms with E-state index in [2.05, 4.69) is 16.5 Å². The monoisotopic (exact) mass is 476 g/mol. The first-order chi connectivity index (χ1) is 15.0. The van der Waals surface area contributed by atoms with Crippen LogP contribution in [0, 0.1) is 0 Å². The summed E-state index contributed by atoms with van der Waals surface area (Å²) in [5.41, 5.74) is 0. The number of rotatable bonds is 7. The zero-order valence-corrected chi connectivity index (χ0v) is 18.4. The molecule has 0 spiro atoms. The number of alkyl halides is 3. The van der Waals surface area contributed by atoms with E-state index in [0.29, 0.717) is 18.0 Å². The van der Waals surface area contributed by atoms with Gasteiger partial charge < -0.3 is 10.2 Å². The van der Waals surface area contributed by atoms with Crippen LogP contribution in [0.15, 0.2) is 47.4 Å². The van der Waals surface area contributed by atoms with Crippen molar-refractivity contribution in [3.8, 4) is 0 Å². The van der Waals surface area contributed by atoms with Crippen molar-refractivity contribution in [1.29, 1.82) is 0 Å². The molecule has 11 heteroatoms. The first kappa shape index (κ1) is 26.0. The molecule has 2 atom stereocenters. The molecule has 3 rings (SSSR count). The largest absolute Gasteiger partial charge is 0.490 e. The van der Waals surface area contributed by atoms with Crippen LogP contribution in [0.2, 0.25) is 0 Å². The summed E-state index contributed by atoms with van der Waals surface area (Å²) in [6.07, 6.45) is -2.43. The van der Waals surface area contributed by atoms with Crippen molar-refractivity contribution < 1.29 is 36.6 Å². The molecule has 1 aliphatic heterocycles. The van der Waals surface area contributed by atoms with Gasteiger partial charge in [0.15, 0.2) is 0 Å². The molecule has 178 valence electrons. The molecule has 32 heavy (non-hydrogen) atoms. The van der Waals surface area contributed by atoms with Gasteiger partial charge >= 0.3 is 12.1 Å². The highest BCUT2D eigenvalue weighted by Crippen LogP contribution is 2.23. The lowest BCUT2D eigenvalue weighted by Crippen LogP contribution is -2.41. The van der Waals surface area contributed by atoms with Gasteiger partial charge in [0.25, 0.3) is 0 Å². The van der Waals surface area contributed by atoms with Gasteiger partial charge in [0.1, 0.15) is 0 Å². The Labute approximate surface area is 184 Å². The Bertz CT molecular complexity index is 1010. The number of hydrogen-bond donors (Lipinski definition) is 3. The number of hydrogen-bond acceptors (Lipinski definition) is 5. The molecular formula is C21H27F3N2O5S. The lowest BCUT2D eigenvalue weighted by molar-refractivity contribution is -0.192. The maximum atomic E-state index is 12.7. The summed E-state index contributed by atoms with van der Waals surface area (Å²) in [6, 6.07) is 13.1. The maximum Gasteiger partial charge on any atom is 0.490 e. The summed E-state index contributed by atoms with van der Waals surface area (Å²) in [7, 11) is -3.66. The van der Waals surface area contributed by atoms with E-state index < -0.39 is 28.3 Å². The number of fused-ring (bicyclic) bond motifs is 1. The van der Waals surface area contributed by atoms with Crippen molar-refractivity contribution in [3.05, 3.63) is 42.5 Å². The summed E-state index contributed by atoms with van der Waals surface area (Å²) in [5.74, 6) is -2.76. The molecule has 0 bridgehead atoms. The van der Waals surface area contributed by atoms with E-state index in [-0.39, 0.29) is 11.4 Å². The van der Waals surface area contributed by atoms with E-state index in [4.69, 9.17) is 9.90 Å². The van der Waals surface area contributed by atoms with Gasteiger partial charge in [-0.3, -0.25) is 4.90 Å². The van der Waals surface area contributed by atoms with Crippen molar-refractivity contribution in [1.82, 2.24) is 9.62 Å². The Kier molecular flexibility index (Phi) is 9.02. The van der Waals surface area contributed by atoms with E-state index >= 15 is 0 Å². The Morgan fingerprint density at radius 3 is 2.47 bits per heavy atom. The minimum absolute atomic E-state index is 0.0263. The van der Waals surface area contributed by atoms with E-state index in [9.17, 15) is 26.7 Å². The molecule has 0 amide bonds. The number of benzene rings is 2. The number of aliphatic hydroxyl groups is 1. The zero-order chi connectivity index (χ0) is 23.9. The van der Waals surface area contributed by atoms with Gasteiger partial charge in [-0.05, 0) is 37.3 Å². The number of likely N-dealkylation sites (tertiary alicyclic amines) is 1. The minimum Gasteiger partial charge on any atom is -0.475 e. The summed E-state index contributed by atoms with van der Waals surface area (Å²) >= 11 is 0. The Hall–Kier alpha value is -2.21. The molecule has 1 heterocycles. The molecule has 0 saturated carbocycles. The lowest BCUT2D eigenvalue weighted by atomic mass is 10.1. The first-order valence-electron chi connectivity index (χ1n) is 10.2. The van der Waals surface area contributed by atoms with Crippen LogP contribution in [0.4, 0.5) is 13.2 Å². The fourth-order valence-corrected chi connectivity index (χ4v) is 4.95. The Balaban J connectivity index is 0.000000451. The number of aliphatic hydroxyl groups excluding tert-OH is 1. The average molecular weight is 477 g/mol. The van der Waals surface area contributed by atoms with Crippen LogP contribution in [-0.2, 0) is 14.8 Å². The minimum atomic E-state index is -5.08. The zero-order valence-electron chi connectivity index (χ0n) is 17.5. The Morgan fingerprint density at radius 2 is 1.84 bits per heavy atom. The van der Waals surface area contributed by atoms with Gasteiger partial charge in [-0.2, -0.15) is 13.2 Å². The predicted octanol–water partition coefficient (Wildman–Crippen LogP) is 2.99. The van der Waals surface area contributed by atoms with Crippen molar-refractivity contribution in [2.45, 2.75) is 49.4 Å². The van der Waals surface area contributed by atoms with Gasteiger partial charge in [0.05, 0.1) is 11.0 Å². The number of sulfonamides is 1. The molecule has 1 fully saturated rings. The molecule has 3 N–H and O–H groups in total. The van der Waals surface area contributed by atoms with Crippen molar-refractivity contribution in [3.63, 3.8) is 0 Å². The first-order valence-corrected chi connectivity index (χ1v) is 11.6. The summed E-state index contributed by atoms with van der Waals surface area (Å²) in [5, 5.41) is 19.0. The summed E-state index contributed by atoms with van der Waals surface area (Å²) < 4.78 is 59.7. The molecule has 1 unspecified atom stereocenters. The van der Waals surface area contributed by atoms with Gasteiger partial charge in [0, 0.05) is 24.5 Å². The van der Waals surface area contributed by atoms with E-state index in [0.717, 1.165) is 31.2 Å². The fraction of sp³-hybridized carbons (Fsp3) is 0.476. The van der Waals surface area contributed by atoms with Gasteiger partial charge in [-0.25, -0.2) is 17.9 Å². The molecule has 2 aromatic rings. The molecule has 0 radical (unpaired) electrons. The molecule has 7 nitrogen and oxygen atoms in total. The normalized spacial score (nSPS) is 18.2. The maximum absolute atomic E-state index is 12.7. The highest BCUT2D eigenvalue weighted by atomic mass is 32.2. The third-order valence-electron chi connectivity index (χ3n) is 5.21. The molecule has 0 aromatic heterocycles. The summed E-state index contributed by atoms with van der Waals surface area (Å²) in [4.78, 5) is 11.4. The van der Waals surface area contributed by atoms with Gasteiger partial charge in [-0.1, -0.05) is 43.3 Å². The van der Waals surface area contributed by atoms with Crippen molar-refractivity contribution >= 4 is 26.8 Å². The van der Waals surface area contributed by atoms with Crippen LogP contribution >= 0.6 is 0 Å². The molecule has 1 saturated heterocycles. The molecule has 1 aliphatic rings. The third kappa shape index (κ3) is 7.16. The molecular weight excluding hydrogens is 449 g/mol. The highest BCUT2D eigenvalue weighted by Gasteiger charge is 2.38. The number of carboxylic acid groups (broad SMARTS) is 1. The lowest BCUT2D eigenvalue weighted by Gasteiger charge is -2.26. The number of nitrogens with zero attached hydrogens (tertiary/aromatic N) is 1. The highest BCUT2D eigenvalue weighted by molar-refractivity contribution is 7.89. The fourth-order valence-electron chi connectivity index (χ4n) is 3.65. The number of carbonyl (C=O) groups is 1. The quantitative estimate of drug-likeness (QED) is 0.567. The smallest absolute Gasteiger partial charge is 0.475 e. The number of carboxylic acids is 1. The van der Waals surface area contributed by atoms with E-state index in [1.54, 1.807) is 18.2 Å². The molecule has 0 aliphatic carbocycles. The second-order valence-corrected chi connectivity index (χ2v) is 9.22. The van der Waals surface area contributed by atoms with Crippen LogP contribution in [-0.4, -0.2) is 67.5 Å². The number of β-amino-alcohol motifs (C(OH)–C–C–N with tert-alkyl or cyclic N) is 1. The molecule has 2 aromatic carbocycles. The van der Waals surface area contributed by atoms with Crippen LogP contribution in [0.1, 0.15) is 26.2 Å². The van der Waals surface area contributed by atoms with Crippen molar-refractivity contribution in [2.75, 3.05) is 19.6 Å². The Morgan fingerprint density at radius 1 is 1.22 bits per heavy atom. The van der Waals surface area contributed by atoms with Gasteiger partial charge in [0.2, 0.25) is 10.0 Å². The van der Waals surface area contributed by atoms with Crippen LogP contribution < -0.4 is 4.72 Å². The van der Waals surface area contributed by atoms with E-state index in [1.807, 2.05) is 24.3 Å². The average Bonchev–Trinajstić information content (AvgIpc) is 3.18. The standard InChI is InChI=1S/C19H26N2O3S.C2HF3O2/c1-2-16-9-6-12-21(16)14-17(22)13-20-25(23,24)19-11-5-8-15-7-3-4-10-18(15)19;3-2(4,5)1(6)7/h3-5,7-8,10-11,16-17,20,22H,2,6,9,12-14H2,1H3;(H,6,7)/t16?,17-;/m0./s1. The second kappa shape index (κ2) is 11.1. The number of nitrogens with one attached hydrogen (secondary N) is 1. The third-order valence-corrected chi connectivity index (χ3v) is 6.69. The van der Waals surface area contributed by atoms with Crippen LogP contribution in [0.25, 0.3) is 10.8 Å². The number of aliphatic carboxylic acids is 1. The SMILES string of the molecule is CCC1CCCN1C[C@@H](O)CNS(=O)(=O)c1cccc2ccccc12.O=C(O)C(F)(F)F. The van der Waals surface area contributed by atoms with Crippen LogP contribution in [0.5, 0.6) is 0 Å². The van der Waals surface area contributed by atoms with Crippen molar-refractivity contribution in [2.24, 2.45) is 0 Å². The van der Waals surface area contributed by atoms with E-state index in [1.165, 1.54) is 0 Å². The number of halogens is 3.